The number of rotatable bonds is 3. The van der Waals surface area contributed by atoms with Gasteiger partial charge in [-0.05, 0) is 11.1 Å². The van der Waals surface area contributed by atoms with Crippen LogP contribution in [0.15, 0.2) is 35.4 Å². The molecule has 0 saturated carbocycles. The lowest BCUT2D eigenvalue weighted by molar-refractivity contribution is 0.187. The van der Waals surface area contributed by atoms with E-state index in [0.29, 0.717) is 0 Å². The zero-order valence-electron chi connectivity index (χ0n) is 6.46. The van der Waals surface area contributed by atoms with Gasteiger partial charge in [-0.3, -0.25) is 0 Å². The summed E-state index contributed by atoms with van der Waals surface area (Å²) in [4.78, 5) is 2.57. The molecule has 1 aromatic rings. The van der Waals surface area contributed by atoms with Crippen LogP contribution in [0.5, 0.6) is 0 Å². The van der Waals surface area contributed by atoms with E-state index in [-0.39, 0.29) is 6.54 Å². The van der Waals surface area contributed by atoms with Crippen LogP contribution in [0.25, 0.3) is 10.4 Å². The van der Waals surface area contributed by atoms with Crippen LogP contribution in [-0.4, -0.2) is 11.7 Å². The Balaban J connectivity index is 2.65. The van der Waals surface area contributed by atoms with Crippen LogP contribution in [0, 0.1) is 0 Å². The SMILES string of the molecule is [N-]=[N+]=NC[C@H](O)c1ccccc1. The molecule has 0 aliphatic rings. The van der Waals surface area contributed by atoms with Gasteiger partial charge >= 0.3 is 0 Å². The van der Waals surface area contributed by atoms with Gasteiger partial charge in [0.05, 0.1) is 12.6 Å². The summed E-state index contributed by atoms with van der Waals surface area (Å²) in [7, 11) is 0. The number of aliphatic hydroxyl groups is 1. The maximum Gasteiger partial charge on any atom is 0.0846 e. The fourth-order valence-corrected chi connectivity index (χ4v) is 0.894. The molecule has 0 heterocycles. The molecule has 0 fully saturated rings. The monoisotopic (exact) mass is 163 g/mol. The molecular formula is C8H9N3O. The third-order valence-electron chi connectivity index (χ3n) is 1.50. The van der Waals surface area contributed by atoms with E-state index in [1.807, 2.05) is 18.2 Å². The molecule has 1 atom stereocenters. The van der Waals surface area contributed by atoms with E-state index in [2.05, 4.69) is 10.0 Å². The first kappa shape index (κ1) is 8.59. The molecule has 1 aromatic carbocycles. The molecule has 62 valence electrons. The van der Waals surface area contributed by atoms with E-state index in [4.69, 9.17) is 5.53 Å². The van der Waals surface area contributed by atoms with Crippen LogP contribution in [0.1, 0.15) is 11.7 Å². The van der Waals surface area contributed by atoms with Crippen LogP contribution in [0.4, 0.5) is 0 Å². The average Bonchev–Trinajstić information content (AvgIpc) is 2.15. The van der Waals surface area contributed by atoms with Crippen molar-refractivity contribution in [2.45, 2.75) is 6.10 Å². The highest BCUT2D eigenvalue weighted by Gasteiger charge is 2.03. The Bertz CT molecular complexity index is 280. The smallest absolute Gasteiger partial charge is 0.0846 e. The summed E-state index contributed by atoms with van der Waals surface area (Å²) >= 11 is 0. The van der Waals surface area contributed by atoms with Crippen molar-refractivity contribution in [1.82, 2.24) is 0 Å². The number of nitrogens with zero attached hydrogens (tertiary/aromatic N) is 3. The number of aliphatic hydroxyl groups excluding tert-OH is 1. The van der Waals surface area contributed by atoms with Crippen LogP contribution >= 0.6 is 0 Å². The van der Waals surface area contributed by atoms with Crippen molar-refractivity contribution in [1.29, 1.82) is 0 Å². The average molecular weight is 163 g/mol. The highest BCUT2D eigenvalue weighted by atomic mass is 16.3. The minimum Gasteiger partial charge on any atom is -0.388 e. The molecule has 0 aliphatic heterocycles. The van der Waals surface area contributed by atoms with E-state index in [1.165, 1.54) is 0 Å². The summed E-state index contributed by atoms with van der Waals surface area (Å²) in [6.45, 7) is 0.0838. The standard InChI is InChI=1S/C8H9N3O/c9-11-10-6-8(12)7-4-2-1-3-5-7/h1-5,8,12H,6H2/t8-/m0/s1. The summed E-state index contributed by atoms with van der Waals surface area (Å²) in [6.07, 6.45) is -0.693. The van der Waals surface area contributed by atoms with E-state index in [9.17, 15) is 5.11 Å². The molecule has 1 rings (SSSR count). The predicted octanol–water partition coefficient (Wildman–Crippen LogP) is 2.03. The van der Waals surface area contributed by atoms with Gasteiger partial charge in [-0.2, -0.15) is 0 Å². The Morgan fingerprint density at radius 2 is 2.08 bits per heavy atom. The molecule has 0 bridgehead atoms. The fraction of sp³-hybridized carbons (Fsp3) is 0.250. The second-order valence-corrected chi connectivity index (χ2v) is 2.34. The molecule has 0 amide bonds. The van der Waals surface area contributed by atoms with E-state index in [1.54, 1.807) is 12.1 Å². The Hall–Kier alpha value is -1.51. The first-order chi connectivity index (χ1) is 5.84. The molecule has 0 saturated heterocycles. The van der Waals surface area contributed by atoms with E-state index in [0.717, 1.165) is 5.56 Å². The minimum atomic E-state index is -0.693. The van der Waals surface area contributed by atoms with Crippen molar-refractivity contribution in [2.24, 2.45) is 5.11 Å². The highest BCUT2D eigenvalue weighted by Crippen LogP contribution is 2.11. The quantitative estimate of drug-likeness (QED) is 0.413. The summed E-state index contributed by atoms with van der Waals surface area (Å²) < 4.78 is 0. The molecule has 0 aromatic heterocycles. The summed E-state index contributed by atoms with van der Waals surface area (Å²) in [5, 5.41) is 12.7. The zero-order chi connectivity index (χ0) is 8.81. The molecule has 1 N–H and O–H groups in total. The Morgan fingerprint density at radius 1 is 1.42 bits per heavy atom. The Labute approximate surface area is 70.1 Å². The van der Waals surface area contributed by atoms with Crippen LogP contribution in [0.2, 0.25) is 0 Å². The molecule has 4 heteroatoms. The molecule has 0 aliphatic carbocycles. The normalized spacial score (nSPS) is 11.8. The van der Waals surface area contributed by atoms with Gasteiger partial charge in [0.25, 0.3) is 0 Å². The van der Waals surface area contributed by atoms with Crippen molar-refractivity contribution in [3.63, 3.8) is 0 Å². The Morgan fingerprint density at radius 3 is 2.67 bits per heavy atom. The van der Waals surface area contributed by atoms with Gasteiger partial charge in [-0.15, -0.1) is 0 Å². The van der Waals surface area contributed by atoms with Crippen molar-refractivity contribution in [3.8, 4) is 0 Å². The lowest BCUT2D eigenvalue weighted by atomic mass is 10.1. The number of hydrogen-bond donors (Lipinski definition) is 1. The van der Waals surface area contributed by atoms with Crippen LogP contribution in [-0.2, 0) is 0 Å². The van der Waals surface area contributed by atoms with Crippen molar-refractivity contribution in [3.05, 3.63) is 46.3 Å². The number of hydrogen-bond acceptors (Lipinski definition) is 2. The van der Waals surface area contributed by atoms with E-state index < -0.39 is 6.10 Å². The molecule has 0 radical (unpaired) electrons. The summed E-state index contributed by atoms with van der Waals surface area (Å²) in [5.41, 5.74) is 8.78. The van der Waals surface area contributed by atoms with E-state index >= 15 is 0 Å². The Kier molecular flexibility index (Phi) is 3.14. The highest BCUT2D eigenvalue weighted by molar-refractivity contribution is 5.17. The zero-order valence-corrected chi connectivity index (χ0v) is 6.46. The van der Waals surface area contributed by atoms with Gasteiger partial charge in [0.15, 0.2) is 0 Å². The maximum atomic E-state index is 9.39. The van der Waals surface area contributed by atoms with Gasteiger partial charge < -0.3 is 5.11 Å². The largest absolute Gasteiger partial charge is 0.388 e. The molecule has 0 spiro atoms. The lowest BCUT2D eigenvalue weighted by Crippen LogP contribution is -1.99. The molecular weight excluding hydrogens is 154 g/mol. The number of azide groups is 1. The maximum absolute atomic E-state index is 9.39. The second kappa shape index (κ2) is 4.38. The molecule has 4 nitrogen and oxygen atoms in total. The third kappa shape index (κ3) is 2.27. The number of benzene rings is 1. The van der Waals surface area contributed by atoms with Crippen molar-refractivity contribution < 1.29 is 5.11 Å². The van der Waals surface area contributed by atoms with Gasteiger partial charge in [-0.25, -0.2) is 0 Å². The van der Waals surface area contributed by atoms with Gasteiger partial charge in [0, 0.05) is 4.91 Å². The fourth-order valence-electron chi connectivity index (χ4n) is 0.894. The second-order valence-electron chi connectivity index (χ2n) is 2.34. The van der Waals surface area contributed by atoms with Crippen LogP contribution in [0.3, 0.4) is 0 Å². The molecule has 12 heavy (non-hydrogen) atoms. The lowest BCUT2D eigenvalue weighted by Gasteiger charge is -2.05. The topological polar surface area (TPSA) is 69.0 Å². The predicted molar refractivity (Wildman–Crippen MR) is 45.4 cm³/mol. The van der Waals surface area contributed by atoms with Crippen molar-refractivity contribution >= 4 is 0 Å². The molecule has 0 unspecified atom stereocenters. The minimum absolute atomic E-state index is 0.0838. The summed E-state index contributed by atoms with van der Waals surface area (Å²) in [6, 6.07) is 9.10. The van der Waals surface area contributed by atoms with Crippen molar-refractivity contribution in [2.75, 3.05) is 6.54 Å². The van der Waals surface area contributed by atoms with Crippen LogP contribution < -0.4 is 0 Å². The van der Waals surface area contributed by atoms with Gasteiger partial charge in [0.2, 0.25) is 0 Å². The van der Waals surface area contributed by atoms with Gasteiger partial charge in [-0.1, -0.05) is 35.4 Å². The summed E-state index contributed by atoms with van der Waals surface area (Å²) in [5.74, 6) is 0. The first-order valence-electron chi connectivity index (χ1n) is 3.58. The third-order valence-corrected chi connectivity index (χ3v) is 1.50. The van der Waals surface area contributed by atoms with Gasteiger partial charge in [0.1, 0.15) is 0 Å². The first-order valence-corrected chi connectivity index (χ1v) is 3.58.